The summed E-state index contributed by atoms with van der Waals surface area (Å²) in [4.78, 5) is 34.0. The van der Waals surface area contributed by atoms with Gasteiger partial charge < -0.3 is 20.1 Å². The van der Waals surface area contributed by atoms with Crippen molar-refractivity contribution < 1.29 is 37.9 Å². The number of allylic oxidation sites excluding steroid dienone is 12. The number of ether oxygens (including phenoxy) is 1. The maximum atomic E-state index is 12.1. The molecule has 0 saturated heterocycles. The number of phosphoric acid groups is 1. The van der Waals surface area contributed by atoms with Crippen molar-refractivity contribution in [1.29, 1.82) is 0 Å². The predicted molar refractivity (Wildman–Crippen MR) is 256 cm³/mol. The van der Waals surface area contributed by atoms with Crippen molar-refractivity contribution in [3.8, 4) is 0 Å². The summed E-state index contributed by atoms with van der Waals surface area (Å²) in [6, 6.07) is 0. The van der Waals surface area contributed by atoms with Gasteiger partial charge in [-0.3, -0.25) is 18.6 Å². The number of unbranched alkanes of at least 4 members (excludes halogenated alkanes) is 20. The highest BCUT2D eigenvalue weighted by atomic mass is 31.2. The normalized spacial score (nSPS) is 13.8. The van der Waals surface area contributed by atoms with Crippen molar-refractivity contribution in [2.45, 2.75) is 213 Å². The molecule has 9 nitrogen and oxygen atoms in total. The van der Waals surface area contributed by atoms with Crippen molar-refractivity contribution in [2.75, 3.05) is 26.4 Å². The van der Waals surface area contributed by atoms with Crippen molar-refractivity contribution >= 4 is 19.7 Å². The molecule has 0 bridgehead atoms. The van der Waals surface area contributed by atoms with Crippen LogP contribution in [0.3, 0.4) is 0 Å². The summed E-state index contributed by atoms with van der Waals surface area (Å²) in [5.74, 6) is -0.576. The molecule has 0 aromatic rings. The quantitative estimate of drug-likeness (QED) is 0.0239. The summed E-state index contributed by atoms with van der Waals surface area (Å²) in [5.41, 5.74) is 0. The first-order chi connectivity index (χ1) is 29.8. The van der Waals surface area contributed by atoms with Crippen LogP contribution in [0.1, 0.15) is 206 Å². The second-order valence-electron chi connectivity index (χ2n) is 16.0. The minimum atomic E-state index is -4.44. The van der Waals surface area contributed by atoms with Crippen LogP contribution in [-0.2, 0) is 27.9 Å². The Morgan fingerprint density at radius 3 is 1.46 bits per heavy atom. The Balaban J connectivity index is 3.62. The third-order valence-corrected chi connectivity index (χ3v) is 11.1. The first-order valence-corrected chi connectivity index (χ1v) is 25.9. The number of hydrogen-bond acceptors (Lipinski definition) is 7. The average molecular weight is 876 g/mol. The van der Waals surface area contributed by atoms with E-state index >= 15 is 0 Å². The van der Waals surface area contributed by atoms with Crippen LogP contribution in [0.2, 0.25) is 0 Å². The molecular weight excluding hydrogens is 786 g/mol. The third-order valence-electron chi connectivity index (χ3n) is 10.1. The van der Waals surface area contributed by atoms with E-state index in [1.54, 1.807) is 0 Å². The predicted octanol–water partition coefficient (Wildman–Crippen LogP) is 14.2. The van der Waals surface area contributed by atoms with Gasteiger partial charge >= 0.3 is 13.8 Å². The van der Waals surface area contributed by atoms with Crippen LogP contribution in [0.25, 0.3) is 0 Å². The lowest BCUT2D eigenvalue weighted by atomic mass is 10.0. The van der Waals surface area contributed by atoms with Crippen molar-refractivity contribution in [2.24, 2.45) is 0 Å². The molecule has 0 rings (SSSR count). The third kappa shape index (κ3) is 48.3. The van der Waals surface area contributed by atoms with Crippen molar-refractivity contribution in [3.63, 3.8) is 0 Å². The van der Waals surface area contributed by atoms with Crippen LogP contribution in [0.5, 0.6) is 0 Å². The maximum absolute atomic E-state index is 12.1. The number of carbonyl (C=O) groups excluding carboxylic acids is 2. The van der Waals surface area contributed by atoms with E-state index < -0.39 is 26.5 Å². The number of nitrogens with one attached hydrogen (secondary N) is 1. The zero-order valence-corrected chi connectivity index (χ0v) is 39.7. The van der Waals surface area contributed by atoms with Gasteiger partial charge in [-0.15, -0.1) is 0 Å². The fraction of sp³-hybridized carbons (Fsp3) is 0.725. The number of aliphatic hydroxyl groups is 1. The molecule has 0 aliphatic carbocycles. The molecule has 10 heteroatoms. The lowest BCUT2D eigenvalue weighted by Gasteiger charge is -2.15. The molecule has 0 heterocycles. The van der Waals surface area contributed by atoms with Gasteiger partial charge in [0.2, 0.25) is 5.91 Å². The number of aliphatic hydroxyl groups excluding tert-OH is 1. The molecule has 0 aliphatic rings. The Labute approximate surface area is 373 Å². The topological polar surface area (TPSA) is 131 Å². The lowest BCUT2D eigenvalue weighted by molar-refractivity contribution is -0.147. The summed E-state index contributed by atoms with van der Waals surface area (Å²) in [7, 11) is -4.44. The highest BCUT2D eigenvalue weighted by Gasteiger charge is 2.23. The van der Waals surface area contributed by atoms with Crippen LogP contribution in [0.4, 0.5) is 0 Å². The van der Waals surface area contributed by atoms with E-state index in [0.717, 1.165) is 57.8 Å². The molecule has 0 saturated carbocycles. The van der Waals surface area contributed by atoms with Crippen molar-refractivity contribution in [1.82, 2.24) is 5.32 Å². The fourth-order valence-electron chi connectivity index (χ4n) is 6.47. The smallest absolute Gasteiger partial charge is 0.463 e. The van der Waals surface area contributed by atoms with E-state index in [4.69, 9.17) is 13.8 Å². The molecule has 3 N–H and O–H groups in total. The number of hydrogen-bond donors (Lipinski definition) is 3. The van der Waals surface area contributed by atoms with E-state index in [2.05, 4.69) is 92.1 Å². The van der Waals surface area contributed by atoms with Crippen LogP contribution < -0.4 is 5.32 Å². The van der Waals surface area contributed by atoms with E-state index in [1.807, 2.05) is 0 Å². The Bertz CT molecular complexity index is 1230. The van der Waals surface area contributed by atoms with Gasteiger partial charge in [-0.2, -0.15) is 0 Å². The van der Waals surface area contributed by atoms with E-state index in [1.165, 1.54) is 116 Å². The second kappa shape index (κ2) is 46.9. The maximum Gasteiger partial charge on any atom is 0.472 e. The van der Waals surface area contributed by atoms with E-state index in [9.17, 15) is 24.2 Å². The van der Waals surface area contributed by atoms with Gasteiger partial charge in [-0.05, 0) is 77.0 Å². The summed E-state index contributed by atoms with van der Waals surface area (Å²) < 4.78 is 26.9. The molecule has 1 amide bonds. The zero-order chi connectivity index (χ0) is 44.6. The van der Waals surface area contributed by atoms with Crippen LogP contribution in [0, 0.1) is 0 Å². The van der Waals surface area contributed by atoms with Crippen LogP contribution in [-0.4, -0.2) is 54.3 Å². The molecule has 0 aromatic heterocycles. The number of carbonyl (C=O) groups is 2. The lowest BCUT2D eigenvalue weighted by Crippen LogP contribution is -2.27. The molecule has 2 atom stereocenters. The Hall–Kier alpha value is -2.55. The monoisotopic (exact) mass is 876 g/mol. The highest BCUT2D eigenvalue weighted by molar-refractivity contribution is 7.47. The standard InChI is InChI=1S/C51H90NO8P/c1-3-5-7-9-11-13-15-17-19-21-22-23-24-25-26-28-30-32-34-36-38-40-42-44-51(55)58-47-49(53)48-60-61(56,57)59-46-45-52-50(54)43-41-39-37-35-33-31-29-27-20-18-16-14-12-10-8-6-4-2/h6,8,12,14,17-20,29,31,35,37,49,53H,3-5,7,9-11,13,15-16,21-28,30,32-34,36,38-48H2,1-2H3,(H,52,54)(H,56,57)/b8-6-,14-12-,19-17+,20-18-,31-29-,37-35-. The number of esters is 1. The molecule has 61 heavy (non-hydrogen) atoms. The Morgan fingerprint density at radius 2 is 0.951 bits per heavy atom. The van der Waals surface area contributed by atoms with Gasteiger partial charge in [-0.25, -0.2) is 4.57 Å². The number of rotatable bonds is 45. The van der Waals surface area contributed by atoms with E-state index in [-0.39, 0.29) is 32.1 Å². The Morgan fingerprint density at radius 1 is 0.525 bits per heavy atom. The number of amides is 1. The summed E-state index contributed by atoms with van der Waals surface area (Å²) in [5, 5.41) is 12.7. The van der Waals surface area contributed by atoms with Gasteiger partial charge in [0.05, 0.1) is 13.2 Å². The minimum absolute atomic E-state index is 0.0483. The minimum Gasteiger partial charge on any atom is -0.463 e. The van der Waals surface area contributed by atoms with Gasteiger partial charge in [-0.1, -0.05) is 189 Å². The Kier molecular flexibility index (Phi) is 45.0. The second-order valence-corrected chi connectivity index (χ2v) is 17.5. The zero-order valence-electron chi connectivity index (χ0n) is 38.8. The fourth-order valence-corrected chi connectivity index (χ4v) is 7.23. The number of phosphoric ester groups is 1. The summed E-state index contributed by atoms with van der Waals surface area (Å²) in [6.07, 6.45) is 58.5. The van der Waals surface area contributed by atoms with Gasteiger partial charge in [0.15, 0.2) is 0 Å². The average Bonchev–Trinajstić information content (AvgIpc) is 3.25. The largest absolute Gasteiger partial charge is 0.472 e. The van der Waals surface area contributed by atoms with Crippen LogP contribution >= 0.6 is 7.82 Å². The first kappa shape index (κ1) is 58.5. The molecule has 0 aromatic carbocycles. The molecular formula is C51H90NO8P. The molecule has 2 unspecified atom stereocenters. The van der Waals surface area contributed by atoms with Crippen molar-refractivity contribution in [3.05, 3.63) is 72.9 Å². The molecule has 0 fully saturated rings. The first-order valence-electron chi connectivity index (χ1n) is 24.4. The highest BCUT2D eigenvalue weighted by Crippen LogP contribution is 2.42. The molecule has 352 valence electrons. The SMILES string of the molecule is CC/C=C\C/C=C\C/C=C\C/C=C\C/C=C\CCCC(=O)NCCOP(=O)(O)OCC(O)COC(=O)CCCCCCCCCCCCCCC/C=C/CCCCCCCC. The van der Waals surface area contributed by atoms with E-state index in [0.29, 0.717) is 12.8 Å². The summed E-state index contributed by atoms with van der Waals surface area (Å²) >= 11 is 0. The van der Waals surface area contributed by atoms with Gasteiger partial charge in [0.1, 0.15) is 12.7 Å². The van der Waals surface area contributed by atoms with Crippen LogP contribution in [0.15, 0.2) is 72.9 Å². The molecule has 0 radical (unpaired) electrons. The molecule has 0 spiro atoms. The van der Waals surface area contributed by atoms with Gasteiger partial charge in [0, 0.05) is 19.4 Å². The van der Waals surface area contributed by atoms with Gasteiger partial charge in [0.25, 0.3) is 0 Å². The molecule has 0 aliphatic heterocycles. The summed E-state index contributed by atoms with van der Waals surface area (Å²) in [6.45, 7) is 3.37.